The van der Waals surface area contributed by atoms with Gasteiger partial charge in [0.2, 0.25) is 5.91 Å². The summed E-state index contributed by atoms with van der Waals surface area (Å²) in [5.74, 6) is 0.762. The molecule has 1 saturated carbocycles. The van der Waals surface area contributed by atoms with Gasteiger partial charge in [-0.15, -0.1) is 0 Å². The summed E-state index contributed by atoms with van der Waals surface area (Å²) in [6, 6.07) is 8.49. The standard InChI is InChI=1S/C28H29BrClF3N4O5/c29-24-13-18(30)11-17-12-22(42-27(17)24)15-35-7-9-36(10-8-35)26(38)16-41-21-4-1-19(2-5-21)34-20-3-6-25(37(39)40)23(14-20)28(31,32)33/h3,6,11-14,19,21,34H,1-2,4-5,7-10,15-16H2/t19-,21-. The van der Waals surface area contributed by atoms with E-state index in [9.17, 15) is 28.1 Å². The molecule has 1 aliphatic heterocycles. The van der Waals surface area contributed by atoms with Gasteiger partial charge in [-0.1, -0.05) is 11.6 Å². The smallest absolute Gasteiger partial charge is 0.423 e. The van der Waals surface area contributed by atoms with Gasteiger partial charge >= 0.3 is 6.18 Å². The van der Waals surface area contributed by atoms with Gasteiger partial charge in [-0.2, -0.15) is 13.2 Å². The van der Waals surface area contributed by atoms with Crippen LogP contribution in [-0.2, 0) is 22.3 Å². The van der Waals surface area contributed by atoms with E-state index in [0.717, 1.165) is 33.3 Å². The maximum Gasteiger partial charge on any atom is 0.423 e. The topological polar surface area (TPSA) is 101 Å². The Balaban J connectivity index is 1.03. The fourth-order valence-electron chi connectivity index (χ4n) is 5.48. The zero-order valence-corrected chi connectivity index (χ0v) is 24.8. The van der Waals surface area contributed by atoms with Gasteiger partial charge in [-0.25, -0.2) is 0 Å². The molecule has 3 aromatic rings. The van der Waals surface area contributed by atoms with Crippen molar-refractivity contribution in [2.24, 2.45) is 0 Å². The lowest BCUT2D eigenvalue weighted by Crippen LogP contribution is -2.49. The molecular weight excluding hydrogens is 645 g/mol. The highest BCUT2D eigenvalue weighted by molar-refractivity contribution is 9.10. The van der Waals surface area contributed by atoms with Crippen molar-refractivity contribution in [2.75, 3.05) is 38.1 Å². The van der Waals surface area contributed by atoms with Crippen molar-refractivity contribution in [3.8, 4) is 0 Å². The van der Waals surface area contributed by atoms with E-state index < -0.39 is 22.4 Å². The molecule has 2 heterocycles. The molecule has 2 fully saturated rings. The number of halogens is 5. The molecule has 5 rings (SSSR count). The summed E-state index contributed by atoms with van der Waals surface area (Å²) in [6.45, 7) is 3.21. The van der Waals surface area contributed by atoms with Crippen molar-refractivity contribution in [1.29, 1.82) is 0 Å². The molecule has 0 unspecified atom stereocenters. The zero-order valence-electron chi connectivity index (χ0n) is 22.5. The van der Waals surface area contributed by atoms with Gasteiger partial charge < -0.3 is 19.4 Å². The summed E-state index contributed by atoms with van der Waals surface area (Å²) in [5, 5.41) is 15.6. The minimum atomic E-state index is -4.83. The number of hydrogen-bond donors (Lipinski definition) is 1. The lowest BCUT2D eigenvalue weighted by atomic mass is 9.92. The van der Waals surface area contributed by atoms with E-state index in [2.05, 4.69) is 26.1 Å². The van der Waals surface area contributed by atoms with Crippen molar-refractivity contribution in [2.45, 2.75) is 50.6 Å². The second-order valence-electron chi connectivity index (χ2n) is 10.6. The van der Waals surface area contributed by atoms with E-state index in [-0.39, 0.29) is 30.3 Å². The third kappa shape index (κ3) is 7.36. The zero-order chi connectivity index (χ0) is 30.0. The number of hydrogen-bond acceptors (Lipinski definition) is 7. The molecule has 1 aromatic heterocycles. The highest BCUT2D eigenvalue weighted by Crippen LogP contribution is 2.38. The Bertz CT molecular complexity index is 1450. The average Bonchev–Trinajstić information content (AvgIpc) is 3.35. The van der Waals surface area contributed by atoms with Crippen molar-refractivity contribution >= 4 is 55.8 Å². The summed E-state index contributed by atoms with van der Waals surface area (Å²) in [7, 11) is 0. The van der Waals surface area contributed by atoms with Gasteiger partial charge in [0.25, 0.3) is 5.69 Å². The number of fused-ring (bicyclic) bond motifs is 1. The van der Waals surface area contributed by atoms with E-state index in [1.807, 2.05) is 12.1 Å². The third-order valence-electron chi connectivity index (χ3n) is 7.68. The number of nitro groups is 1. The molecule has 1 saturated heterocycles. The highest BCUT2D eigenvalue weighted by atomic mass is 79.9. The van der Waals surface area contributed by atoms with E-state index in [4.69, 9.17) is 20.8 Å². The summed E-state index contributed by atoms with van der Waals surface area (Å²) in [5.41, 5.74) is -1.31. The van der Waals surface area contributed by atoms with Crippen LogP contribution in [0.3, 0.4) is 0 Å². The Morgan fingerprint density at radius 2 is 1.83 bits per heavy atom. The number of furan rings is 1. The molecule has 1 N–H and O–H groups in total. The van der Waals surface area contributed by atoms with Gasteiger partial charge in [0.15, 0.2) is 0 Å². The van der Waals surface area contributed by atoms with Crippen molar-refractivity contribution in [3.63, 3.8) is 0 Å². The molecule has 1 aliphatic carbocycles. The van der Waals surface area contributed by atoms with Crippen molar-refractivity contribution < 1.29 is 32.0 Å². The molecule has 14 heteroatoms. The molecule has 0 radical (unpaired) electrons. The SMILES string of the molecule is O=C(CO[C@H]1CC[C@H](Nc2ccc([N+](=O)[O-])c(C(F)(F)F)c2)CC1)N1CCN(Cc2cc3cc(Cl)cc(Br)c3o2)CC1. The van der Waals surface area contributed by atoms with Crippen LogP contribution < -0.4 is 5.32 Å². The van der Waals surface area contributed by atoms with Gasteiger partial charge in [0.1, 0.15) is 23.5 Å². The number of amides is 1. The number of anilines is 1. The van der Waals surface area contributed by atoms with Crippen LogP contribution in [0.15, 0.2) is 45.3 Å². The number of rotatable bonds is 8. The fourth-order valence-corrected chi connectivity index (χ4v) is 6.40. The van der Waals surface area contributed by atoms with Crippen molar-refractivity contribution in [1.82, 2.24) is 9.80 Å². The lowest BCUT2D eigenvalue weighted by Gasteiger charge is -2.35. The number of piperazine rings is 1. The van der Waals surface area contributed by atoms with E-state index in [1.165, 1.54) is 6.07 Å². The van der Waals surface area contributed by atoms with Crippen LogP contribution in [0, 0.1) is 10.1 Å². The maximum absolute atomic E-state index is 13.3. The van der Waals surface area contributed by atoms with Crippen LogP contribution >= 0.6 is 27.5 Å². The molecule has 0 bridgehead atoms. The number of ether oxygens (including phenoxy) is 1. The molecule has 42 heavy (non-hydrogen) atoms. The molecule has 1 amide bonds. The van der Waals surface area contributed by atoms with E-state index >= 15 is 0 Å². The Hall–Kier alpha value is -2.87. The van der Waals surface area contributed by atoms with E-state index in [1.54, 1.807) is 11.0 Å². The van der Waals surface area contributed by atoms with Crippen LogP contribution in [0.25, 0.3) is 11.0 Å². The average molecular weight is 674 g/mol. The largest absolute Gasteiger partial charge is 0.459 e. The summed E-state index contributed by atoms with van der Waals surface area (Å²) >= 11 is 9.61. The Morgan fingerprint density at radius 1 is 1.12 bits per heavy atom. The number of alkyl halides is 3. The van der Waals surface area contributed by atoms with Gasteiger partial charge in [0, 0.05) is 54.4 Å². The molecule has 2 aromatic carbocycles. The number of nitrogens with zero attached hydrogens (tertiary/aromatic N) is 3. The Morgan fingerprint density at radius 3 is 2.50 bits per heavy atom. The number of carbonyl (C=O) groups excluding carboxylic acids is 1. The molecule has 2 aliphatic rings. The monoisotopic (exact) mass is 672 g/mol. The van der Waals surface area contributed by atoms with E-state index in [0.29, 0.717) is 63.4 Å². The molecule has 226 valence electrons. The van der Waals surface area contributed by atoms with Crippen LogP contribution in [0.5, 0.6) is 0 Å². The molecule has 0 spiro atoms. The first kappa shape index (κ1) is 30.6. The normalized spacial score (nSPS) is 20.2. The highest BCUT2D eigenvalue weighted by Gasteiger charge is 2.38. The maximum atomic E-state index is 13.3. The first-order chi connectivity index (χ1) is 20.0. The first-order valence-corrected chi connectivity index (χ1v) is 14.7. The predicted octanol–water partition coefficient (Wildman–Crippen LogP) is 6.86. The Kier molecular flexibility index (Phi) is 9.31. The third-order valence-corrected chi connectivity index (χ3v) is 8.48. The van der Waals surface area contributed by atoms with Gasteiger partial charge in [-0.05, 0) is 71.9 Å². The number of benzene rings is 2. The molecule has 9 nitrogen and oxygen atoms in total. The summed E-state index contributed by atoms with van der Waals surface area (Å²) in [6.07, 6.45) is -2.36. The van der Waals surface area contributed by atoms with Crippen LogP contribution in [-0.4, -0.2) is 65.6 Å². The van der Waals surface area contributed by atoms with Crippen LogP contribution in [0.4, 0.5) is 24.5 Å². The number of nitro benzene ring substituents is 1. The number of nitrogens with one attached hydrogen (secondary N) is 1. The fraction of sp³-hybridized carbons (Fsp3) is 0.464. The van der Waals surface area contributed by atoms with Crippen LogP contribution in [0.1, 0.15) is 37.0 Å². The lowest BCUT2D eigenvalue weighted by molar-refractivity contribution is -0.388. The molecule has 0 atom stereocenters. The minimum absolute atomic E-state index is 0.0155. The predicted molar refractivity (Wildman–Crippen MR) is 154 cm³/mol. The van der Waals surface area contributed by atoms with Gasteiger partial charge in [-0.3, -0.25) is 19.8 Å². The number of carbonyl (C=O) groups is 1. The van der Waals surface area contributed by atoms with Crippen LogP contribution in [0.2, 0.25) is 5.02 Å². The van der Waals surface area contributed by atoms with Gasteiger partial charge in [0.05, 0.1) is 22.0 Å². The minimum Gasteiger partial charge on any atom is -0.459 e. The summed E-state index contributed by atoms with van der Waals surface area (Å²) in [4.78, 5) is 26.8. The molecular formula is C28H29BrClF3N4O5. The quantitative estimate of drug-likeness (QED) is 0.206. The Labute approximate surface area is 253 Å². The summed E-state index contributed by atoms with van der Waals surface area (Å²) < 4.78 is 52.5. The first-order valence-electron chi connectivity index (χ1n) is 13.6. The second-order valence-corrected chi connectivity index (χ2v) is 11.9. The second kappa shape index (κ2) is 12.8. The van der Waals surface area contributed by atoms with Crippen molar-refractivity contribution in [3.05, 3.63) is 67.3 Å².